The number of rotatable bonds is 5. The van der Waals surface area contributed by atoms with Crippen molar-refractivity contribution in [1.82, 2.24) is 9.97 Å². The maximum absolute atomic E-state index is 11.3. The van der Waals surface area contributed by atoms with Gasteiger partial charge in [0.1, 0.15) is 12.4 Å². The van der Waals surface area contributed by atoms with Crippen LogP contribution in [0, 0.1) is 0 Å². The Hall–Kier alpha value is -1.85. The minimum atomic E-state index is -0.296. The summed E-state index contributed by atoms with van der Waals surface area (Å²) in [4.78, 5) is 21.1. The van der Waals surface area contributed by atoms with Crippen molar-refractivity contribution >= 4 is 17.7 Å². The molecule has 1 heterocycles. The van der Waals surface area contributed by atoms with Gasteiger partial charge in [-0.25, -0.2) is 4.98 Å². The predicted octanol–water partition coefficient (Wildman–Crippen LogP) is 0.448. The van der Waals surface area contributed by atoms with E-state index in [2.05, 4.69) is 9.97 Å². The Morgan fingerprint density at radius 1 is 1.56 bits per heavy atom. The lowest BCUT2D eigenvalue weighted by atomic mass is 10.5. The standard InChI is InChI=1S/C10H16N4O2/c1-3-14(7-9(15)16-4-2)10-12-6-5-8(11)13-10/h5-6H,3-4,7H2,1-2H3,(H2,11,12,13). The number of hydrogen-bond acceptors (Lipinski definition) is 6. The molecule has 1 rings (SSSR count). The van der Waals surface area contributed by atoms with Crippen molar-refractivity contribution in [2.45, 2.75) is 13.8 Å². The van der Waals surface area contributed by atoms with Crippen molar-refractivity contribution in [1.29, 1.82) is 0 Å². The highest BCUT2D eigenvalue weighted by Crippen LogP contribution is 2.08. The molecule has 0 aliphatic heterocycles. The topological polar surface area (TPSA) is 81.3 Å². The van der Waals surface area contributed by atoms with Crippen LogP contribution in [0.2, 0.25) is 0 Å². The third-order valence-electron chi connectivity index (χ3n) is 1.95. The van der Waals surface area contributed by atoms with E-state index in [0.717, 1.165) is 0 Å². The van der Waals surface area contributed by atoms with Gasteiger partial charge in [0, 0.05) is 12.7 Å². The molecule has 0 fully saturated rings. The van der Waals surface area contributed by atoms with Gasteiger partial charge >= 0.3 is 5.97 Å². The summed E-state index contributed by atoms with van der Waals surface area (Å²) in [6.07, 6.45) is 1.56. The monoisotopic (exact) mass is 224 g/mol. The fourth-order valence-corrected chi connectivity index (χ4v) is 1.20. The lowest BCUT2D eigenvalue weighted by Crippen LogP contribution is -2.32. The summed E-state index contributed by atoms with van der Waals surface area (Å²) < 4.78 is 4.86. The first-order valence-corrected chi connectivity index (χ1v) is 5.16. The van der Waals surface area contributed by atoms with Gasteiger partial charge in [-0.2, -0.15) is 4.98 Å². The number of nitrogens with zero attached hydrogens (tertiary/aromatic N) is 3. The Labute approximate surface area is 94.4 Å². The summed E-state index contributed by atoms with van der Waals surface area (Å²) >= 11 is 0. The van der Waals surface area contributed by atoms with Crippen LogP contribution in [-0.2, 0) is 9.53 Å². The molecular weight excluding hydrogens is 208 g/mol. The number of anilines is 2. The second kappa shape index (κ2) is 5.89. The number of ether oxygens (including phenoxy) is 1. The van der Waals surface area contributed by atoms with Crippen LogP contribution in [-0.4, -0.2) is 35.6 Å². The fourth-order valence-electron chi connectivity index (χ4n) is 1.20. The van der Waals surface area contributed by atoms with E-state index in [4.69, 9.17) is 10.5 Å². The van der Waals surface area contributed by atoms with Gasteiger partial charge in [0.2, 0.25) is 5.95 Å². The van der Waals surface area contributed by atoms with Gasteiger partial charge in [0.15, 0.2) is 0 Å². The molecule has 6 nitrogen and oxygen atoms in total. The van der Waals surface area contributed by atoms with Gasteiger partial charge in [-0.05, 0) is 19.9 Å². The third-order valence-corrected chi connectivity index (χ3v) is 1.95. The first-order valence-electron chi connectivity index (χ1n) is 5.16. The highest BCUT2D eigenvalue weighted by atomic mass is 16.5. The van der Waals surface area contributed by atoms with Crippen LogP contribution in [0.15, 0.2) is 12.3 Å². The summed E-state index contributed by atoms with van der Waals surface area (Å²) in [5.41, 5.74) is 5.55. The quantitative estimate of drug-likeness (QED) is 0.731. The molecule has 88 valence electrons. The first kappa shape index (κ1) is 12.2. The van der Waals surface area contributed by atoms with Gasteiger partial charge < -0.3 is 15.4 Å². The van der Waals surface area contributed by atoms with Crippen LogP contribution < -0.4 is 10.6 Å². The number of aromatic nitrogens is 2. The SMILES string of the molecule is CCOC(=O)CN(CC)c1nccc(N)n1. The van der Waals surface area contributed by atoms with Crippen LogP contribution >= 0.6 is 0 Å². The normalized spacial score (nSPS) is 9.88. The molecule has 0 atom stereocenters. The van der Waals surface area contributed by atoms with Crippen molar-refractivity contribution in [3.05, 3.63) is 12.3 Å². The molecule has 0 aromatic carbocycles. The molecule has 0 saturated heterocycles. The van der Waals surface area contributed by atoms with E-state index in [0.29, 0.717) is 24.9 Å². The van der Waals surface area contributed by atoms with Crippen molar-refractivity contribution in [2.24, 2.45) is 0 Å². The van der Waals surface area contributed by atoms with Crippen LogP contribution in [0.5, 0.6) is 0 Å². The molecule has 1 aromatic rings. The predicted molar refractivity (Wildman–Crippen MR) is 61.0 cm³/mol. The van der Waals surface area contributed by atoms with E-state index in [9.17, 15) is 4.79 Å². The molecule has 0 unspecified atom stereocenters. The van der Waals surface area contributed by atoms with Crippen LogP contribution in [0.1, 0.15) is 13.8 Å². The Morgan fingerprint density at radius 2 is 2.31 bits per heavy atom. The van der Waals surface area contributed by atoms with E-state index in [1.807, 2.05) is 6.92 Å². The Morgan fingerprint density at radius 3 is 2.88 bits per heavy atom. The maximum atomic E-state index is 11.3. The number of hydrogen-bond donors (Lipinski definition) is 1. The molecule has 0 spiro atoms. The molecule has 0 aliphatic carbocycles. The zero-order valence-corrected chi connectivity index (χ0v) is 9.51. The highest BCUT2D eigenvalue weighted by molar-refractivity contribution is 5.74. The Balaban J connectivity index is 2.70. The molecule has 1 aromatic heterocycles. The van der Waals surface area contributed by atoms with E-state index < -0.39 is 0 Å². The van der Waals surface area contributed by atoms with Crippen molar-refractivity contribution in [3.8, 4) is 0 Å². The van der Waals surface area contributed by atoms with Crippen LogP contribution in [0.4, 0.5) is 11.8 Å². The minimum absolute atomic E-state index is 0.133. The molecular formula is C10H16N4O2. The summed E-state index contributed by atoms with van der Waals surface area (Å²) in [7, 11) is 0. The molecule has 0 radical (unpaired) electrons. The minimum Gasteiger partial charge on any atom is -0.465 e. The number of nitrogen functional groups attached to an aromatic ring is 1. The number of carbonyl (C=O) groups is 1. The van der Waals surface area contributed by atoms with Crippen LogP contribution in [0.3, 0.4) is 0 Å². The maximum Gasteiger partial charge on any atom is 0.325 e. The number of nitrogens with two attached hydrogens (primary N) is 1. The molecule has 0 saturated carbocycles. The smallest absolute Gasteiger partial charge is 0.325 e. The van der Waals surface area contributed by atoms with Gasteiger partial charge in [0.25, 0.3) is 0 Å². The average Bonchev–Trinajstić information content (AvgIpc) is 2.26. The van der Waals surface area contributed by atoms with Gasteiger partial charge in [-0.1, -0.05) is 0 Å². The van der Waals surface area contributed by atoms with E-state index in [1.54, 1.807) is 24.1 Å². The number of carbonyl (C=O) groups excluding carboxylic acids is 1. The van der Waals surface area contributed by atoms with Crippen LogP contribution in [0.25, 0.3) is 0 Å². The Kier molecular flexibility index (Phi) is 4.50. The summed E-state index contributed by atoms with van der Waals surface area (Å²) in [6, 6.07) is 1.60. The van der Waals surface area contributed by atoms with E-state index in [1.165, 1.54) is 0 Å². The average molecular weight is 224 g/mol. The summed E-state index contributed by atoms with van der Waals surface area (Å²) in [6.45, 7) is 4.79. The Bertz CT molecular complexity index is 356. The molecule has 0 amide bonds. The second-order valence-corrected chi connectivity index (χ2v) is 3.10. The molecule has 16 heavy (non-hydrogen) atoms. The largest absolute Gasteiger partial charge is 0.465 e. The highest BCUT2D eigenvalue weighted by Gasteiger charge is 2.12. The third kappa shape index (κ3) is 3.38. The fraction of sp³-hybridized carbons (Fsp3) is 0.500. The zero-order chi connectivity index (χ0) is 12.0. The van der Waals surface area contributed by atoms with Gasteiger partial charge in [0.05, 0.1) is 6.61 Å². The zero-order valence-electron chi connectivity index (χ0n) is 9.51. The number of esters is 1. The lowest BCUT2D eigenvalue weighted by molar-refractivity contribution is -0.141. The molecule has 2 N–H and O–H groups in total. The van der Waals surface area contributed by atoms with Gasteiger partial charge in [-0.3, -0.25) is 4.79 Å². The van der Waals surface area contributed by atoms with Crippen molar-refractivity contribution in [2.75, 3.05) is 30.3 Å². The van der Waals surface area contributed by atoms with E-state index in [-0.39, 0.29) is 12.5 Å². The molecule has 0 aliphatic rings. The first-order chi connectivity index (χ1) is 7.67. The van der Waals surface area contributed by atoms with Crippen molar-refractivity contribution < 1.29 is 9.53 Å². The summed E-state index contributed by atoms with van der Waals surface area (Å²) in [5.74, 6) is 0.526. The molecule has 6 heteroatoms. The van der Waals surface area contributed by atoms with Crippen molar-refractivity contribution in [3.63, 3.8) is 0 Å². The van der Waals surface area contributed by atoms with Gasteiger partial charge in [-0.15, -0.1) is 0 Å². The lowest BCUT2D eigenvalue weighted by Gasteiger charge is -2.19. The second-order valence-electron chi connectivity index (χ2n) is 3.10. The number of likely N-dealkylation sites (N-methyl/N-ethyl adjacent to an activating group) is 1. The molecule has 0 bridgehead atoms. The summed E-state index contributed by atoms with van der Waals surface area (Å²) in [5, 5.41) is 0. The van der Waals surface area contributed by atoms with E-state index >= 15 is 0 Å².